The molecule has 1 aliphatic rings. The number of nitrogens with zero attached hydrogens (tertiary/aromatic N) is 1. The minimum atomic E-state index is -0.437. The molecule has 5 nitrogen and oxygen atoms in total. The Hall–Kier alpha value is -0.850. The van der Waals surface area contributed by atoms with Crippen LogP contribution < -0.4 is 11.1 Å². The van der Waals surface area contributed by atoms with Gasteiger partial charge in [-0.25, -0.2) is 0 Å². The van der Waals surface area contributed by atoms with Gasteiger partial charge in [0.2, 0.25) is 5.91 Å². The van der Waals surface area contributed by atoms with E-state index in [1.165, 1.54) is 5.56 Å². The van der Waals surface area contributed by atoms with Gasteiger partial charge in [0.05, 0.1) is 6.04 Å². The fourth-order valence-corrected chi connectivity index (χ4v) is 2.86. The molecule has 1 aliphatic heterocycles. The highest BCUT2D eigenvalue weighted by atomic mass is 35.5. The first-order chi connectivity index (χ1) is 11.1. The minimum Gasteiger partial charge on any atom is -0.381 e. The van der Waals surface area contributed by atoms with Crippen LogP contribution in [0.2, 0.25) is 0 Å². The maximum atomic E-state index is 12.2. The lowest BCUT2D eigenvalue weighted by Gasteiger charge is -2.26. The van der Waals surface area contributed by atoms with Crippen molar-refractivity contribution < 1.29 is 9.53 Å². The lowest BCUT2D eigenvalue weighted by molar-refractivity contribution is -0.124. The number of benzene rings is 1. The van der Waals surface area contributed by atoms with E-state index in [9.17, 15) is 4.79 Å². The summed E-state index contributed by atoms with van der Waals surface area (Å²) in [6.45, 7) is 6.01. The van der Waals surface area contributed by atoms with Gasteiger partial charge in [0.1, 0.15) is 0 Å². The average Bonchev–Trinajstić information content (AvgIpc) is 2.60. The first-order valence-corrected chi connectivity index (χ1v) is 8.47. The molecular formula is C18H31Cl2N3O2. The summed E-state index contributed by atoms with van der Waals surface area (Å²) >= 11 is 0. The molecule has 0 aliphatic carbocycles. The molecule has 1 saturated heterocycles. The van der Waals surface area contributed by atoms with Gasteiger partial charge in [-0.05, 0) is 43.5 Å². The van der Waals surface area contributed by atoms with Gasteiger partial charge in [-0.1, -0.05) is 31.2 Å². The number of ether oxygens (including phenoxy) is 1. The second-order valence-corrected chi connectivity index (χ2v) is 6.34. The van der Waals surface area contributed by atoms with Crippen molar-refractivity contribution in [2.24, 2.45) is 11.7 Å². The van der Waals surface area contributed by atoms with E-state index >= 15 is 0 Å². The third-order valence-electron chi connectivity index (χ3n) is 4.53. The number of carbonyl (C=O) groups is 1. The summed E-state index contributed by atoms with van der Waals surface area (Å²) in [5, 5.41) is 2.97. The zero-order chi connectivity index (χ0) is 16.7. The Morgan fingerprint density at radius 3 is 2.60 bits per heavy atom. The summed E-state index contributed by atoms with van der Waals surface area (Å²) in [5.74, 6) is 0.168. The summed E-state index contributed by atoms with van der Waals surface area (Å²) in [7, 11) is 2.10. The summed E-state index contributed by atoms with van der Waals surface area (Å²) in [5.41, 5.74) is 8.47. The Balaban J connectivity index is 0.00000288. The first-order valence-electron chi connectivity index (χ1n) is 8.47. The monoisotopic (exact) mass is 391 g/mol. The Bertz CT molecular complexity index is 511. The Morgan fingerprint density at radius 2 is 1.96 bits per heavy atom. The normalized spacial score (nSPS) is 15.8. The number of amides is 1. The Morgan fingerprint density at radius 1 is 1.32 bits per heavy atom. The van der Waals surface area contributed by atoms with Crippen molar-refractivity contribution in [3.05, 3.63) is 35.4 Å². The zero-order valence-electron chi connectivity index (χ0n) is 15.1. The Labute approximate surface area is 163 Å². The number of hydrogen-bond donors (Lipinski definition) is 2. The Kier molecular flexibility index (Phi) is 12.1. The van der Waals surface area contributed by atoms with Gasteiger partial charge < -0.3 is 20.7 Å². The van der Waals surface area contributed by atoms with Crippen molar-refractivity contribution in [3.63, 3.8) is 0 Å². The van der Waals surface area contributed by atoms with Crippen LogP contribution in [-0.2, 0) is 22.6 Å². The number of rotatable bonds is 7. The van der Waals surface area contributed by atoms with Crippen LogP contribution in [0.4, 0.5) is 0 Å². The highest BCUT2D eigenvalue weighted by Gasteiger charge is 2.26. The molecule has 1 atom stereocenters. The number of halogens is 2. The van der Waals surface area contributed by atoms with Crippen LogP contribution in [0.3, 0.4) is 0 Å². The van der Waals surface area contributed by atoms with E-state index in [0.717, 1.165) is 31.5 Å². The number of carbonyl (C=O) groups excluding carboxylic acids is 1. The quantitative estimate of drug-likeness (QED) is 0.748. The summed E-state index contributed by atoms with van der Waals surface area (Å²) < 4.78 is 5.32. The molecule has 0 radical (unpaired) electrons. The van der Waals surface area contributed by atoms with Crippen molar-refractivity contribution in [3.8, 4) is 0 Å². The van der Waals surface area contributed by atoms with E-state index in [1.54, 1.807) is 0 Å². The summed E-state index contributed by atoms with van der Waals surface area (Å²) in [6.07, 6.45) is 1.74. The molecule has 1 aromatic rings. The zero-order valence-corrected chi connectivity index (χ0v) is 16.7. The van der Waals surface area contributed by atoms with E-state index in [0.29, 0.717) is 19.8 Å². The van der Waals surface area contributed by atoms with Gasteiger partial charge in [0.15, 0.2) is 0 Å². The molecule has 7 heteroatoms. The molecule has 3 N–H and O–H groups in total. The van der Waals surface area contributed by atoms with Crippen molar-refractivity contribution >= 4 is 30.7 Å². The lowest BCUT2D eigenvalue weighted by atomic mass is 9.92. The molecule has 144 valence electrons. The molecule has 1 heterocycles. The minimum absolute atomic E-state index is 0. The van der Waals surface area contributed by atoms with Crippen LogP contribution in [-0.4, -0.2) is 43.7 Å². The lowest BCUT2D eigenvalue weighted by Crippen LogP contribution is -2.46. The third-order valence-corrected chi connectivity index (χ3v) is 4.53. The standard InChI is InChI=1S/C18H29N3O2.2ClH/c1-3-21(2)13-15-6-4-5-14(11-15)12-20-18(22)17(19)16-7-9-23-10-8-16;;/h4-6,11,16-17H,3,7-10,12-13,19H2,1-2H3,(H,20,22);2*1H. The van der Waals surface area contributed by atoms with Crippen LogP contribution >= 0.6 is 24.8 Å². The third kappa shape index (κ3) is 7.92. The average molecular weight is 392 g/mol. The summed E-state index contributed by atoms with van der Waals surface area (Å²) in [4.78, 5) is 14.5. The molecule has 25 heavy (non-hydrogen) atoms. The maximum Gasteiger partial charge on any atom is 0.237 e. The van der Waals surface area contributed by atoms with Gasteiger partial charge in [-0.3, -0.25) is 4.79 Å². The van der Waals surface area contributed by atoms with Crippen LogP contribution in [0.15, 0.2) is 24.3 Å². The van der Waals surface area contributed by atoms with E-state index in [4.69, 9.17) is 10.5 Å². The van der Waals surface area contributed by atoms with Gasteiger partial charge in [0.25, 0.3) is 0 Å². The van der Waals surface area contributed by atoms with Crippen molar-refractivity contribution in [2.45, 2.75) is 38.9 Å². The molecule has 1 amide bonds. The second kappa shape index (κ2) is 12.5. The van der Waals surface area contributed by atoms with Crippen molar-refractivity contribution in [2.75, 3.05) is 26.8 Å². The molecule has 1 fully saturated rings. The fraction of sp³-hybridized carbons (Fsp3) is 0.611. The smallest absolute Gasteiger partial charge is 0.237 e. The predicted octanol–water partition coefficient (Wildman–Crippen LogP) is 2.35. The highest BCUT2D eigenvalue weighted by Crippen LogP contribution is 2.17. The van der Waals surface area contributed by atoms with E-state index < -0.39 is 6.04 Å². The highest BCUT2D eigenvalue weighted by molar-refractivity contribution is 5.85. The second-order valence-electron chi connectivity index (χ2n) is 6.34. The van der Waals surface area contributed by atoms with Crippen LogP contribution in [0.1, 0.15) is 30.9 Å². The molecule has 2 rings (SSSR count). The molecule has 1 unspecified atom stereocenters. The summed E-state index contributed by atoms with van der Waals surface area (Å²) in [6, 6.07) is 7.90. The largest absolute Gasteiger partial charge is 0.381 e. The van der Waals surface area contributed by atoms with Crippen LogP contribution in [0, 0.1) is 5.92 Å². The molecule has 0 aromatic heterocycles. The predicted molar refractivity (Wildman–Crippen MR) is 106 cm³/mol. The molecule has 1 aromatic carbocycles. The number of nitrogens with two attached hydrogens (primary N) is 1. The van der Waals surface area contributed by atoms with E-state index in [-0.39, 0.29) is 36.6 Å². The van der Waals surface area contributed by atoms with Crippen LogP contribution in [0.25, 0.3) is 0 Å². The molecular weight excluding hydrogens is 361 g/mol. The van der Waals surface area contributed by atoms with E-state index in [2.05, 4.69) is 36.3 Å². The van der Waals surface area contributed by atoms with Gasteiger partial charge in [-0.15, -0.1) is 24.8 Å². The molecule has 0 saturated carbocycles. The van der Waals surface area contributed by atoms with E-state index in [1.807, 2.05) is 12.1 Å². The SMILES string of the molecule is CCN(C)Cc1cccc(CNC(=O)C(N)C2CCOCC2)c1.Cl.Cl. The number of nitrogens with one attached hydrogen (secondary N) is 1. The van der Waals surface area contributed by atoms with Crippen molar-refractivity contribution in [1.82, 2.24) is 10.2 Å². The molecule has 0 spiro atoms. The topological polar surface area (TPSA) is 67.6 Å². The fourth-order valence-electron chi connectivity index (χ4n) is 2.86. The molecule has 0 bridgehead atoms. The van der Waals surface area contributed by atoms with Gasteiger partial charge in [-0.2, -0.15) is 0 Å². The maximum absolute atomic E-state index is 12.2. The van der Waals surface area contributed by atoms with Crippen molar-refractivity contribution in [1.29, 1.82) is 0 Å². The van der Waals surface area contributed by atoms with Crippen LogP contribution in [0.5, 0.6) is 0 Å². The first kappa shape index (κ1) is 24.1. The van der Waals surface area contributed by atoms with Gasteiger partial charge in [0, 0.05) is 26.3 Å². The van der Waals surface area contributed by atoms with Gasteiger partial charge >= 0.3 is 0 Å². The number of hydrogen-bond acceptors (Lipinski definition) is 4.